The smallest absolute Gasteiger partial charge is 0.242 e. The summed E-state index contributed by atoms with van der Waals surface area (Å²) in [6.45, 7) is 0. The van der Waals surface area contributed by atoms with E-state index < -0.39 is 0 Å². The topological polar surface area (TPSA) is 107 Å². The average Bonchev–Trinajstić information content (AvgIpc) is 3.02. The maximum absolute atomic E-state index is 5.39. The van der Waals surface area contributed by atoms with Gasteiger partial charge >= 0.3 is 0 Å². The van der Waals surface area contributed by atoms with Gasteiger partial charge < -0.3 is 0 Å². The van der Waals surface area contributed by atoms with Gasteiger partial charge in [0.25, 0.3) is 0 Å². The first kappa shape index (κ1) is 12.5. The molecule has 20 heavy (non-hydrogen) atoms. The SMILES string of the molecule is NNc1nc(Sc2ccncc2)nc(-n2ccnc2)n1. The summed E-state index contributed by atoms with van der Waals surface area (Å²) in [4.78, 5) is 21.7. The van der Waals surface area contributed by atoms with Gasteiger partial charge in [0.05, 0.1) is 0 Å². The Bertz CT molecular complexity index is 685. The molecule has 0 saturated carbocycles. The maximum atomic E-state index is 5.39. The number of nitrogens with two attached hydrogens (primary N) is 1. The van der Waals surface area contributed by atoms with Gasteiger partial charge in [-0.15, -0.1) is 0 Å². The zero-order chi connectivity index (χ0) is 13.8. The lowest BCUT2D eigenvalue weighted by molar-refractivity contribution is 0.824. The fraction of sp³-hybridized carbons (Fsp3) is 0. The molecule has 0 saturated heterocycles. The van der Waals surface area contributed by atoms with E-state index in [1.807, 2.05) is 12.1 Å². The standard InChI is InChI=1S/C11H10N8S/c12-18-9-15-10(19-6-5-14-7-19)17-11(16-9)20-8-1-3-13-4-2-8/h1-7H,12H2,(H,15,16,17,18). The number of imidazole rings is 1. The Kier molecular flexibility index (Phi) is 3.52. The van der Waals surface area contributed by atoms with Crippen LogP contribution in [0.3, 0.4) is 0 Å². The zero-order valence-corrected chi connectivity index (χ0v) is 11.0. The summed E-state index contributed by atoms with van der Waals surface area (Å²) >= 11 is 1.40. The first-order valence-electron chi connectivity index (χ1n) is 5.64. The van der Waals surface area contributed by atoms with Crippen molar-refractivity contribution in [3.63, 3.8) is 0 Å². The predicted octanol–water partition coefficient (Wildman–Crippen LogP) is 0.889. The number of pyridine rings is 1. The minimum absolute atomic E-state index is 0.292. The van der Waals surface area contributed by atoms with Gasteiger partial charge in [0, 0.05) is 29.7 Å². The summed E-state index contributed by atoms with van der Waals surface area (Å²) in [5, 5.41) is 0.530. The van der Waals surface area contributed by atoms with Crippen molar-refractivity contribution in [1.82, 2.24) is 29.5 Å². The summed E-state index contributed by atoms with van der Waals surface area (Å²) in [6, 6.07) is 3.75. The Labute approximate surface area is 118 Å². The molecule has 0 aromatic carbocycles. The van der Waals surface area contributed by atoms with Crippen molar-refractivity contribution in [2.45, 2.75) is 10.1 Å². The molecule has 3 N–H and O–H groups in total. The number of hydrogen-bond acceptors (Lipinski definition) is 8. The third-order valence-corrected chi connectivity index (χ3v) is 3.20. The number of nitrogens with zero attached hydrogens (tertiary/aromatic N) is 6. The van der Waals surface area contributed by atoms with Gasteiger partial charge in [0.1, 0.15) is 6.33 Å². The molecule has 3 heterocycles. The summed E-state index contributed by atoms with van der Waals surface area (Å²) in [5.41, 5.74) is 2.43. The van der Waals surface area contributed by atoms with Crippen molar-refractivity contribution in [3.05, 3.63) is 43.2 Å². The van der Waals surface area contributed by atoms with Crippen LogP contribution in [0.4, 0.5) is 5.95 Å². The van der Waals surface area contributed by atoms with Crippen molar-refractivity contribution in [3.8, 4) is 5.95 Å². The Morgan fingerprint density at radius 3 is 2.60 bits per heavy atom. The second-order valence-corrected chi connectivity index (χ2v) is 4.68. The minimum Gasteiger partial charge on any atom is -0.292 e. The Morgan fingerprint density at radius 1 is 1.05 bits per heavy atom. The van der Waals surface area contributed by atoms with E-state index in [1.54, 1.807) is 35.7 Å². The number of nitrogens with one attached hydrogen (secondary N) is 1. The van der Waals surface area contributed by atoms with E-state index in [0.29, 0.717) is 17.1 Å². The molecular formula is C11H10N8S. The van der Waals surface area contributed by atoms with Crippen molar-refractivity contribution in [2.75, 3.05) is 5.43 Å². The number of nitrogen functional groups attached to an aromatic ring is 1. The molecular weight excluding hydrogens is 276 g/mol. The van der Waals surface area contributed by atoms with Crippen molar-refractivity contribution in [1.29, 1.82) is 0 Å². The summed E-state index contributed by atoms with van der Waals surface area (Å²) in [5.74, 6) is 6.13. The molecule has 0 bridgehead atoms. The van der Waals surface area contributed by atoms with Crippen molar-refractivity contribution < 1.29 is 0 Å². The van der Waals surface area contributed by atoms with Crippen LogP contribution < -0.4 is 11.3 Å². The van der Waals surface area contributed by atoms with Gasteiger partial charge in [0.15, 0.2) is 5.16 Å². The quantitative estimate of drug-likeness (QED) is 0.538. The number of aromatic nitrogens is 6. The van der Waals surface area contributed by atoms with Gasteiger partial charge in [-0.1, -0.05) is 0 Å². The fourth-order valence-corrected chi connectivity index (χ4v) is 2.19. The van der Waals surface area contributed by atoms with E-state index in [1.165, 1.54) is 11.8 Å². The van der Waals surface area contributed by atoms with Crippen molar-refractivity contribution in [2.24, 2.45) is 5.84 Å². The second-order valence-electron chi connectivity index (χ2n) is 3.64. The second kappa shape index (κ2) is 5.63. The van der Waals surface area contributed by atoms with Crippen LogP contribution in [-0.2, 0) is 0 Å². The van der Waals surface area contributed by atoms with Gasteiger partial charge in [-0.2, -0.15) is 15.0 Å². The Hall–Kier alpha value is -2.52. The van der Waals surface area contributed by atoms with Crippen LogP contribution in [0.25, 0.3) is 5.95 Å². The highest BCUT2D eigenvalue weighted by molar-refractivity contribution is 7.99. The lowest BCUT2D eigenvalue weighted by Crippen LogP contribution is -2.13. The molecule has 100 valence electrons. The number of rotatable bonds is 4. The van der Waals surface area contributed by atoms with E-state index in [2.05, 4.69) is 30.3 Å². The molecule has 0 aliphatic heterocycles. The summed E-state index contributed by atoms with van der Waals surface area (Å²) in [6.07, 6.45) is 8.42. The molecule has 0 spiro atoms. The first-order valence-corrected chi connectivity index (χ1v) is 6.46. The molecule has 0 aliphatic carbocycles. The molecule has 9 heteroatoms. The Morgan fingerprint density at radius 2 is 1.90 bits per heavy atom. The van der Waals surface area contributed by atoms with E-state index in [9.17, 15) is 0 Å². The number of anilines is 1. The third kappa shape index (κ3) is 2.73. The van der Waals surface area contributed by atoms with Crippen LogP contribution in [0.15, 0.2) is 53.3 Å². The van der Waals surface area contributed by atoms with Crippen LogP contribution in [0.1, 0.15) is 0 Å². The highest BCUT2D eigenvalue weighted by Gasteiger charge is 2.08. The monoisotopic (exact) mass is 286 g/mol. The molecule has 0 aliphatic rings. The summed E-state index contributed by atoms with van der Waals surface area (Å²) in [7, 11) is 0. The lowest BCUT2D eigenvalue weighted by Gasteiger charge is -2.06. The fourth-order valence-electron chi connectivity index (χ4n) is 1.46. The summed E-state index contributed by atoms with van der Waals surface area (Å²) < 4.78 is 1.68. The molecule has 3 rings (SSSR count). The molecule has 0 radical (unpaired) electrons. The molecule has 0 amide bonds. The minimum atomic E-state index is 0.292. The molecule has 3 aromatic heterocycles. The highest BCUT2D eigenvalue weighted by atomic mass is 32.2. The van der Waals surface area contributed by atoms with Gasteiger partial charge in [-0.25, -0.2) is 10.8 Å². The van der Waals surface area contributed by atoms with E-state index >= 15 is 0 Å². The van der Waals surface area contributed by atoms with Crippen LogP contribution >= 0.6 is 11.8 Å². The van der Waals surface area contributed by atoms with Gasteiger partial charge in [-0.05, 0) is 23.9 Å². The molecule has 0 fully saturated rings. The number of hydrazine groups is 1. The van der Waals surface area contributed by atoms with Crippen LogP contribution in [0.2, 0.25) is 0 Å². The Balaban J connectivity index is 1.96. The highest BCUT2D eigenvalue weighted by Crippen LogP contribution is 2.24. The van der Waals surface area contributed by atoms with Gasteiger partial charge in [-0.3, -0.25) is 15.0 Å². The van der Waals surface area contributed by atoms with Crippen LogP contribution in [0, 0.1) is 0 Å². The molecule has 0 unspecified atom stereocenters. The average molecular weight is 286 g/mol. The van der Waals surface area contributed by atoms with Crippen LogP contribution in [0.5, 0.6) is 0 Å². The predicted molar refractivity (Wildman–Crippen MR) is 73.1 cm³/mol. The zero-order valence-electron chi connectivity index (χ0n) is 10.2. The lowest BCUT2D eigenvalue weighted by atomic mass is 10.5. The number of hydrogen-bond donors (Lipinski definition) is 2. The van der Waals surface area contributed by atoms with E-state index in [4.69, 9.17) is 5.84 Å². The first-order chi connectivity index (χ1) is 9.85. The van der Waals surface area contributed by atoms with E-state index in [0.717, 1.165) is 4.90 Å². The largest absolute Gasteiger partial charge is 0.292 e. The molecule has 0 atom stereocenters. The van der Waals surface area contributed by atoms with Crippen LogP contribution in [-0.4, -0.2) is 29.5 Å². The molecule has 8 nitrogen and oxygen atoms in total. The molecule has 3 aromatic rings. The van der Waals surface area contributed by atoms with Crippen molar-refractivity contribution >= 4 is 17.7 Å². The third-order valence-electron chi connectivity index (χ3n) is 2.33. The van der Waals surface area contributed by atoms with Gasteiger partial charge in [0.2, 0.25) is 11.9 Å². The normalized spacial score (nSPS) is 10.4. The maximum Gasteiger partial charge on any atom is 0.242 e. The van der Waals surface area contributed by atoms with E-state index in [-0.39, 0.29) is 0 Å².